The SMILES string of the molecule is Cc1c(Cl)ccc2sc(NC(=O)Nc3c(F)cccc3F)nc12. The van der Waals surface area contributed by atoms with E-state index in [-0.39, 0.29) is 0 Å². The van der Waals surface area contributed by atoms with Crippen LogP contribution in [0.25, 0.3) is 10.2 Å². The molecule has 0 aliphatic carbocycles. The third-order valence-electron chi connectivity index (χ3n) is 3.17. The minimum absolute atomic E-state index is 0.305. The van der Waals surface area contributed by atoms with Crippen LogP contribution >= 0.6 is 22.9 Å². The van der Waals surface area contributed by atoms with Crippen LogP contribution in [0.4, 0.5) is 24.4 Å². The zero-order valence-electron chi connectivity index (χ0n) is 11.8. The normalized spacial score (nSPS) is 10.8. The van der Waals surface area contributed by atoms with Crippen molar-refractivity contribution in [1.29, 1.82) is 0 Å². The van der Waals surface area contributed by atoms with Gasteiger partial charge in [0.05, 0.1) is 10.2 Å². The lowest BCUT2D eigenvalue weighted by Gasteiger charge is -2.07. The van der Waals surface area contributed by atoms with Crippen molar-refractivity contribution in [2.24, 2.45) is 0 Å². The van der Waals surface area contributed by atoms with Crippen molar-refractivity contribution < 1.29 is 13.6 Å². The van der Waals surface area contributed by atoms with Crippen molar-refractivity contribution in [3.8, 4) is 0 Å². The second-order valence-electron chi connectivity index (χ2n) is 4.71. The lowest BCUT2D eigenvalue weighted by Crippen LogP contribution is -2.20. The number of urea groups is 1. The van der Waals surface area contributed by atoms with E-state index in [0.717, 1.165) is 22.4 Å². The number of aryl methyl sites for hydroxylation is 1. The molecule has 0 bridgehead atoms. The molecule has 4 nitrogen and oxygen atoms in total. The summed E-state index contributed by atoms with van der Waals surface area (Å²) in [5, 5.41) is 5.48. The summed E-state index contributed by atoms with van der Waals surface area (Å²) < 4.78 is 27.9. The highest BCUT2D eigenvalue weighted by atomic mass is 35.5. The maximum Gasteiger partial charge on any atom is 0.325 e. The summed E-state index contributed by atoms with van der Waals surface area (Å²) in [7, 11) is 0. The molecule has 0 saturated heterocycles. The second kappa shape index (κ2) is 6.10. The summed E-state index contributed by atoms with van der Waals surface area (Å²) in [5.74, 6) is -1.71. The third-order valence-corrected chi connectivity index (χ3v) is 4.52. The standard InChI is InChI=1S/C15H10ClF2N3OS/c1-7-8(16)5-6-11-12(7)20-15(23-11)21-14(22)19-13-9(17)3-2-4-10(13)18/h2-6H,1H3,(H2,19,20,21,22). The molecule has 1 heterocycles. The Bertz CT molecular complexity index is 893. The number of hydrogen-bond donors (Lipinski definition) is 2. The Morgan fingerprint density at radius 2 is 1.87 bits per heavy atom. The fourth-order valence-electron chi connectivity index (χ4n) is 2.01. The van der Waals surface area contributed by atoms with E-state index in [9.17, 15) is 13.6 Å². The van der Waals surface area contributed by atoms with Crippen LogP contribution in [0, 0.1) is 18.6 Å². The lowest BCUT2D eigenvalue weighted by atomic mass is 10.2. The number of carbonyl (C=O) groups excluding carboxylic acids is 1. The number of anilines is 2. The topological polar surface area (TPSA) is 54.0 Å². The summed E-state index contributed by atoms with van der Waals surface area (Å²) >= 11 is 7.26. The van der Waals surface area contributed by atoms with Crippen LogP contribution in [0.2, 0.25) is 5.02 Å². The number of carbonyl (C=O) groups is 1. The molecule has 0 spiro atoms. The molecule has 118 valence electrons. The number of amides is 2. The number of aromatic nitrogens is 1. The van der Waals surface area contributed by atoms with Gasteiger partial charge < -0.3 is 5.32 Å². The number of benzene rings is 2. The van der Waals surface area contributed by atoms with Gasteiger partial charge in [0.2, 0.25) is 0 Å². The minimum Gasteiger partial charge on any atom is -0.302 e. The van der Waals surface area contributed by atoms with Crippen LogP contribution in [0.3, 0.4) is 0 Å². The number of rotatable bonds is 2. The van der Waals surface area contributed by atoms with Crippen LogP contribution < -0.4 is 10.6 Å². The van der Waals surface area contributed by atoms with E-state index < -0.39 is 23.4 Å². The Balaban J connectivity index is 1.82. The molecule has 2 aromatic carbocycles. The van der Waals surface area contributed by atoms with Gasteiger partial charge in [-0.05, 0) is 36.8 Å². The zero-order valence-corrected chi connectivity index (χ0v) is 13.4. The first-order valence-corrected chi connectivity index (χ1v) is 7.73. The maximum atomic E-state index is 13.5. The van der Waals surface area contributed by atoms with Crippen molar-refractivity contribution in [3.05, 3.63) is 52.6 Å². The highest BCUT2D eigenvalue weighted by molar-refractivity contribution is 7.22. The number of halogens is 3. The van der Waals surface area contributed by atoms with Crippen molar-refractivity contribution in [2.45, 2.75) is 6.92 Å². The smallest absolute Gasteiger partial charge is 0.302 e. The summed E-state index contributed by atoms with van der Waals surface area (Å²) in [6.07, 6.45) is 0. The van der Waals surface area contributed by atoms with Crippen LogP contribution in [0.1, 0.15) is 5.56 Å². The average molecular weight is 354 g/mol. The second-order valence-corrected chi connectivity index (χ2v) is 6.15. The molecule has 23 heavy (non-hydrogen) atoms. The molecule has 1 aromatic heterocycles. The van der Waals surface area contributed by atoms with Crippen LogP contribution in [0.15, 0.2) is 30.3 Å². The largest absolute Gasteiger partial charge is 0.325 e. The maximum absolute atomic E-state index is 13.5. The van der Waals surface area contributed by atoms with E-state index in [1.54, 1.807) is 12.1 Å². The minimum atomic E-state index is -0.855. The number of para-hydroxylation sites is 1. The van der Waals surface area contributed by atoms with Gasteiger partial charge in [-0.2, -0.15) is 0 Å². The molecule has 0 aliphatic heterocycles. The molecule has 0 radical (unpaired) electrons. The molecule has 0 saturated carbocycles. The number of nitrogens with one attached hydrogen (secondary N) is 2. The van der Waals surface area contributed by atoms with E-state index in [2.05, 4.69) is 15.6 Å². The molecule has 0 atom stereocenters. The van der Waals surface area contributed by atoms with Gasteiger partial charge in [0.15, 0.2) is 5.13 Å². The van der Waals surface area contributed by atoms with Gasteiger partial charge in [0, 0.05) is 5.02 Å². The number of nitrogens with zero attached hydrogens (tertiary/aromatic N) is 1. The molecule has 2 amide bonds. The van der Waals surface area contributed by atoms with Gasteiger partial charge >= 0.3 is 6.03 Å². The van der Waals surface area contributed by atoms with E-state index in [4.69, 9.17) is 11.6 Å². The molecule has 3 rings (SSSR count). The van der Waals surface area contributed by atoms with E-state index in [1.807, 2.05) is 6.92 Å². The Kier molecular flexibility index (Phi) is 4.14. The van der Waals surface area contributed by atoms with Crippen LogP contribution in [0.5, 0.6) is 0 Å². The number of thiazole rings is 1. The monoisotopic (exact) mass is 353 g/mol. The molecule has 3 aromatic rings. The fraction of sp³-hybridized carbons (Fsp3) is 0.0667. The highest BCUT2D eigenvalue weighted by Gasteiger charge is 2.14. The Hall–Kier alpha value is -2.25. The molecule has 2 N–H and O–H groups in total. The average Bonchev–Trinajstić information content (AvgIpc) is 2.90. The molecule has 0 aliphatic rings. The fourth-order valence-corrected chi connectivity index (χ4v) is 3.09. The zero-order chi connectivity index (χ0) is 16.6. The first-order chi connectivity index (χ1) is 11.0. The summed E-state index contributed by atoms with van der Waals surface area (Å²) in [4.78, 5) is 16.2. The Labute approximate surface area is 139 Å². The molecular formula is C15H10ClF2N3OS. The number of hydrogen-bond acceptors (Lipinski definition) is 3. The molecule has 0 fully saturated rings. The van der Waals surface area contributed by atoms with Gasteiger partial charge in [-0.1, -0.05) is 29.0 Å². The van der Waals surface area contributed by atoms with E-state index >= 15 is 0 Å². The molecule has 0 unspecified atom stereocenters. The van der Waals surface area contributed by atoms with Gasteiger partial charge in [0.25, 0.3) is 0 Å². The lowest BCUT2D eigenvalue weighted by molar-refractivity contribution is 0.262. The van der Waals surface area contributed by atoms with E-state index in [0.29, 0.717) is 15.7 Å². The summed E-state index contributed by atoms with van der Waals surface area (Å²) in [6.45, 7) is 1.82. The van der Waals surface area contributed by atoms with Crippen LogP contribution in [-0.2, 0) is 0 Å². The first-order valence-electron chi connectivity index (χ1n) is 6.53. The Morgan fingerprint density at radius 1 is 1.17 bits per heavy atom. The summed E-state index contributed by atoms with van der Waals surface area (Å²) in [6, 6.07) is 6.09. The van der Waals surface area contributed by atoms with Crippen molar-refractivity contribution in [1.82, 2.24) is 4.98 Å². The predicted octanol–water partition coefficient (Wildman–Crippen LogP) is 5.18. The molecule has 8 heteroatoms. The van der Waals surface area contributed by atoms with Crippen LogP contribution in [-0.4, -0.2) is 11.0 Å². The third kappa shape index (κ3) is 3.11. The number of fused-ring (bicyclic) bond motifs is 1. The first kappa shape index (κ1) is 15.6. The van der Waals surface area contributed by atoms with Crippen molar-refractivity contribution >= 4 is 50.0 Å². The predicted molar refractivity (Wildman–Crippen MR) is 88.4 cm³/mol. The van der Waals surface area contributed by atoms with Crippen molar-refractivity contribution in [3.63, 3.8) is 0 Å². The quantitative estimate of drug-likeness (QED) is 0.667. The molecular weight excluding hydrogens is 344 g/mol. The van der Waals surface area contributed by atoms with Gasteiger partial charge in [0.1, 0.15) is 17.3 Å². The van der Waals surface area contributed by atoms with Crippen molar-refractivity contribution in [2.75, 3.05) is 10.6 Å². The summed E-state index contributed by atoms with van der Waals surface area (Å²) in [5.41, 5.74) is 0.967. The van der Waals surface area contributed by atoms with Gasteiger partial charge in [-0.25, -0.2) is 18.6 Å². The van der Waals surface area contributed by atoms with E-state index in [1.165, 1.54) is 17.4 Å². The highest BCUT2D eigenvalue weighted by Crippen LogP contribution is 2.31. The Morgan fingerprint density at radius 3 is 2.57 bits per heavy atom. The van der Waals surface area contributed by atoms with Gasteiger partial charge in [-0.15, -0.1) is 0 Å². The van der Waals surface area contributed by atoms with Gasteiger partial charge in [-0.3, -0.25) is 5.32 Å².